The molecule has 2 rings (SSSR count). The van der Waals surface area contributed by atoms with Gasteiger partial charge < -0.3 is 11.1 Å². The van der Waals surface area contributed by atoms with Gasteiger partial charge in [0.05, 0.1) is 6.54 Å². The summed E-state index contributed by atoms with van der Waals surface area (Å²) < 4.78 is 0. The number of likely N-dealkylation sites (tertiary alicyclic amines) is 1. The number of benzene rings is 1. The molecule has 1 saturated heterocycles. The second-order valence-corrected chi connectivity index (χ2v) is 5.30. The monoisotopic (exact) mass is 261 g/mol. The van der Waals surface area contributed by atoms with Gasteiger partial charge in [0.1, 0.15) is 0 Å². The zero-order chi connectivity index (χ0) is 13.7. The molecule has 1 aliphatic rings. The highest BCUT2D eigenvalue weighted by atomic mass is 16.2. The maximum atomic E-state index is 11.9. The highest BCUT2D eigenvalue weighted by Crippen LogP contribution is 2.19. The molecule has 0 spiro atoms. The molecule has 0 aliphatic carbocycles. The molecule has 0 aromatic heterocycles. The van der Waals surface area contributed by atoms with Gasteiger partial charge in [-0.25, -0.2) is 0 Å². The Morgan fingerprint density at radius 2 is 2.16 bits per heavy atom. The van der Waals surface area contributed by atoms with Crippen molar-refractivity contribution in [3.8, 4) is 0 Å². The van der Waals surface area contributed by atoms with Crippen molar-refractivity contribution in [3.63, 3.8) is 0 Å². The minimum atomic E-state index is 0.0422. The van der Waals surface area contributed by atoms with Crippen LogP contribution in [0.4, 0.5) is 11.4 Å². The van der Waals surface area contributed by atoms with Gasteiger partial charge in [0, 0.05) is 11.4 Å². The quantitative estimate of drug-likeness (QED) is 0.818. The van der Waals surface area contributed by atoms with E-state index in [1.54, 1.807) is 6.07 Å². The Morgan fingerprint density at radius 3 is 2.79 bits per heavy atom. The van der Waals surface area contributed by atoms with Crippen LogP contribution in [0.3, 0.4) is 0 Å². The third-order valence-electron chi connectivity index (χ3n) is 3.82. The Kier molecular flexibility index (Phi) is 4.80. The van der Waals surface area contributed by atoms with Gasteiger partial charge in [0.2, 0.25) is 5.91 Å². The Balaban J connectivity index is 1.79. The average molecular weight is 261 g/mol. The van der Waals surface area contributed by atoms with Crippen LogP contribution in [-0.2, 0) is 4.79 Å². The fourth-order valence-corrected chi connectivity index (χ4v) is 2.57. The number of nitrogens with two attached hydrogens (primary N) is 1. The van der Waals surface area contributed by atoms with Crippen LogP contribution in [0.15, 0.2) is 24.3 Å². The van der Waals surface area contributed by atoms with Crippen molar-refractivity contribution in [2.24, 2.45) is 5.92 Å². The molecule has 0 atom stereocenters. The molecule has 4 heteroatoms. The predicted octanol–water partition coefficient (Wildman–Crippen LogP) is 2.33. The summed E-state index contributed by atoms with van der Waals surface area (Å²) in [5.74, 6) is 0.883. The summed E-state index contributed by atoms with van der Waals surface area (Å²) >= 11 is 0. The summed E-state index contributed by atoms with van der Waals surface area (Å²) in [6.45, 7) is 4.78. The zero-order valence-electron chi connectivity index (χ0n) is 11.6. The normalized spacial score (nSPS) is 17.3. The summed E-state index contributed by atoms with van der Waals surface area (Å²) in [5.41, 5.74) is 7.13. The van der Waals surface area contributed by atoms with E-state index in [4.69, 9.17) is 5.73 Å². The minimum absolute atomic E-state index is 0.0422. The molecule has 104 valence electrons. The third kappa shape index (κ3) is 4.24. The maximum Gasteiger partial charge on any atom is 0.238 e. The Morgan fingerprint density at radius 1 is 1.42 bits per heavy atom. The first-order valence-corrected chi connectivity index (χ1v) is 7.05. The second kappa shape index (κ2) is 6.57. The van der Waals surface area contributed by atoms with Crippen molar-refractivity contribution in [2.75, 3.05) is 30.7 Å². The number of hydrogen-bond acceptors (Lipinski definition) is 3. The lowest BCUT2D eigenvalue weighted by atomic mass is 9.94. The first-order valence-electron chi connectivity index (χ1n) is 7.05. The number of hydrogen-bond donors (Lipinski definition) is 2. The smallest absolute Gasteiger partial charge is 0.238 e. The molecule has 1 amide bonds. The molecule has 0 bridgehead atoms. The number of nitrogens with zero attached hydrogens (tertiary/aromatic N) is 1. The van der Waals surface area contributed by atoms with E-state index in [2.05, 4.69) is 17.1 Å². The number of nitrogen functional groups attached to an aromatic ring is 1. The predicted molar refractivity (Wildman–Crippen MR) is 78.9 cm³/mol. The highest BCUT2D eigenvalue weighted by molar-refractivity contribution is 5.92. The largest absolute Gasteiger partial charge is 0.399 e. The molecule has 3 N–H and O–H groups in total. The molecule has 1 aromatic carbocycles. The molecule has 0 unspecified atom stereocenters. The van der Waals surface area contributed by atoms with Gasteiger partial charge in [-0.05, 0) is 50.0 Å². The number of carbonyl (C=O) groups is 1. The highest BCUT2D eigenvalue weighted by Gasteiger charge is 2.19. The number of piperidine rings is 1. The van der Waals surface area contributed by atoms with Gasteiger partial charge >= 0.3 is 0 Å². The van der Waals surface area contributed by atoms with Crippen LogP contribution >= 0.6 is 0 Å². The van der Waals surface area contributed by atoms with Crippen LogP contribution in [0.1, 0.15) is 26.2 Å². The van der Waals surface area contributed by atoms with Crippen molar-refractivity contribution in [3.05, 3.63) is 24.3 Å². The third-order valence-corrected chi connectivity index (χ3v) is 3.82. The minimum Gasteiger partial charge on any atom is -0.399 e. The Hall–Kier alpha value is -1.55. The first kappa shape index (κ1) is 13.9. The fourth-order valence-electron chi connectivity index (χ4n) is 2.57. The Labute approximate surface area is 115 Å². The van der Waals surface area contributed by atoms with E-state index in [0.717, 1.165) is 24.7 Å². The fraction of sp³-hybridized carbons (Fsp3) is 0.533. The number of nitrogens with one attached hydrogen (secondary N) is 1. The number of anilines is 2. The van der Waals surface area contributed by atoms with Crippen LogP contribution in [-0.4, -0.2) is 30.4 Å². The van der Waals surface area contributed by atoms with E-state index in [0.29, 0.717) is 12.2 Å². The maximum absolute atomic E-state index is 11.9. The van der Waals surface area contributed by atoms with E-state index in [1.807, 2.05) is 18.2 Å². The lowest BCUT2D eigenvalue weighted by Crippen LogP contribution is -2.39. The zero-order valence-corrected chi connectivity index (χ0v) is 11.6. The summed E-state index contributed by atoms with van der Waals surface area (Å²) in [6, 6.07) is 7.29. The molecule has 0 saturated carbocycles. The lowest BCUT2D eigenvalue weighted by molar-refractivity contribution is -0.117. The molecule has 1 fully saturated rings. The van der Waals surface area contributed by atoms with E-state index in [-0.39, 0.29) is 5.91 Å². The lowest BCUT2D eigenvalue weighted by Gasteiger charge is -2.30. The van der Waals surface area contributed by atoms with Crippen LogP contribution < -0.4 is 11.1 Å². The topological polar surface area (TPSA) is 58.4 Å². The molecule has 1 heterocycles. The average Bonchev–Trinajstić information content (AvgIpc) is 2.39. The molecule has 1 aliphatic heterocycles. The van der Waals surface area contributed by atoms with Crippen LogP contribution in [0, 0.1) is 5.92 Å². The van der Waals surface area contributed by atoms with E-state index < -0.39 is 0 Å². The van der Waals surface area contributed by atoms with Crippen molar-refractivity contribution in [1.29, 1.82) is 0 Å². The van der Waals surface area contributed by atoms with E-state index >= 15 is 0 Å². The molecule has 4 nitrogen and oxygen atoms in total. The summed E-state index contributed by atoms with van der Waals surface area (Å²) in [6.07, 6.45) is 3.67. The first-order chi connectivity index (χ1) is 9.17. The number of amides is 1. The van der Waals surface area contributed by atoms with Crippen molar-refractivity contribution < 1.29 is 4.79 Å². The van der Waals surface area contributed by atoms with Crippen molar-refractivity contribution in [2.45, 2.75) is 26.2 Å². The molecule has 1 aromatic rings. The summed E-state index contributed by atoms with van der Waals surface area (Å²) in [4.78, 5) is 14.2. The summed E-state index contributed by atoms with van der Waals surface area (Å²) in [7, 11) is 0. The van der Waals surface area contributed by atoms with Crippen LogP contribution in [0.5, 0.6) is 0 Å². The second-order valence-electron chi connectivity index (χ2n) is 5.30. The number of rotatable bonds is 4. The molecular weight excluding hydrogens is 238 g/mol. The van der Waals surface area contributed by atoms with E-state index in [1.165, 1.54) is 19.3 Å². The van der Waals surface area contributed by atoms with Gasteiger partial charge in [0.15, 0.2) is 0 Å². The van der Waals surface area contributed by atoms with Gasteiger partial charge in [-0.2, -0.15) is 0 Å². The van der Waals surface area contributed by atoms with Gasteiger partial charge in [0.25, 0.3) is 0 Å². The van der Waals surface area contributed by atoms with E-state index in [9.17, 15) is 4.79 Å². The van der Waals surface area contributed by atoms with Crippen molar-refractivity contribution in [1.82, 2.24) is 4.90 Å². The summed E-state index contributed by atoms with van der Waals surface area (Å²) in [5, 5.41) is 2.89. The van der Waals surface area contributed by atoms with Gasteiger partial charge in [-0.1, -0.05) is 19.4 Å². The molecule has 19 heavy (non-hydrogen) atoms. The molecule has 0 radical (unpaired) electrons. The van der Waals surface area contributed by atoms with Crippen LogP contribution in [0.2, 0.25) is 0 Å². The number of carbonyl (C=O) groups excluding carboxylic acids is 1. The van der Waals surface area contributed by atoms with Gasteiger partial charge in [-0.15, -0.1) is 0 Å². The van der Waals surface area contributed by atoms with Crippen LogP contribution in [0.25, 0.3) is 0 Å². The van der Waals surface area contributed by atoms with Crippen molar-refractivity contribution >= 4 is 17.3 Å². The standard InChI is InChI=1S/C15H23N3O/c1-2-12-6-8-18(9-7-12)11-15(19)17-14-5-3-4-13(16)10-14/h3-5,10,12H,2,6-9,11,16H2,1H3,(H,17,19). The Bertz CT molecular complexity index is 425. The SMILES string of the molecule is CCC1CCN(CC(=O)Nc2cccc(N)c2)CC1. The van der Waals surface area contributed by atoms with Gasteiger partial charge in [-0.3, -0.25) is 9.69 Å². The molecular formula is C15H23N3O.